The number of benzene rings is 1. The van der Waals surface area contributed by atoms with Crippen LogP contribution in [0, 0.1) is 0 Å². The zero-order valence-corrected chi connectivity index (χ0v) is 11.2. The molecule has 0 aliphatic heterocycles. The van der Waals surface area contributed by atoms with Gasteiger partial charge < -0.3 is 14.6 Å². The lowest BCUT2D eigenvalue weighted by Gasteiger charge is -2.16. The molecule has 0 unspecified atom stereocenters. The van der Waals surface area contributed by atoms with Gasteiger partial charge in [0.05, 0.1) is 19.6 Å². The minimum absolute atomic E-state index is 0.554. The van der Waals surface area contributed by atoms with E-state index in [1.165, 1.54) is 7.11 Å². The van der Waals surface area contributed by atoms with E-state index in [0.29, 0.717) is 24.3 Å². The van der Waals surface area contributed by atoms with Crippen molar-refractivity contribution in [3.05, 3.63) is 22.2 Å². The molecule has 0 radical (unpaired) electrons. The van der Waals surface area contributed by atoms with Crippen LogP contribution in [0.3, 0.4) is 0 Å². The lowest BCUT2D eigenvalue weighted by molar-refractivity contribution is -0.140. The average molecular weight is 301 g/mol. The van der Waals surface area contributed by atoms with Gasteiger partial charge in [-0.2, -0.15) is 0 Å². The number of halogens is 1. The van der Waals surface area contributed by atoms with Gasteiger partial charge in [0.25, 0.3) is 0 Å². The van der Waals surface area contributed by atoms with Gasteiger partial charge in [-0.15, -0.1) is 0 Å². The Hall–Kier alpha value is -1.23. The second-order valence-electron chi connectivity index (χ2n) is 4.07. The van der Waals surface area contributed by atoms with E-state index >= 15 is 0 Å². The molecule has 2 rings (SSSR count). The van der Waals surface area contributed by atoms with Gasteiger partial charge in [0.15, 0.2) is 11.5 Å². The number of carboxylic acid groups (broad SMARTS) is 1. The summed E-state index contributed by atoms with van der Waals surface area (Å²) in [4.78, 5) is 11.3. The van der Waals surface area contributed by atoms with E-state index in [1.807, 2.05) is 0 Å². The first-order valence-corrected chi connectivity index (χ1v) is 6.00. The Kier molecular flexibility index (Phi) is 3.03. The first kappa shape index (κ1) is 12.2. The molecule has 0 amide bonds. The molecule has 1 aliphatic carbocycles. The lowest BCUT2D eigenvalue weighted by Crippen LogP contribution is -2.20. The maximum atomic E-state index is 11.3. The minimum Gasteiger partial charge on any atom is -0.493 e. The van der Waals surface area contributed by atoms with Crippen LogP contribution in [0.15, 0.2) is 16.6 Å². The summed E-state index contributed by atoms with van der Waals surface area (Å²) in [6.07, 6.45) is 1.33. The van der Waals surface area contributed by atoms with E-state index in [9.17, 15) is 9.90 Å². The molecule has 0 bridgehead atoms. The molecular weight excluding hydrogens is 288 g/mol. The first-order chi connectivity index (χ1) is 8.05. The van der Waals surface area contributed by atoms with Crippen LogP contribution in [0.25, 0.3) is 0 Å². The average Bonchev–Trinajstić information content (AvgIpc) is 3.09. The maximum absolute atomic E-state index is 11.3. The number of rotatable bonds is 4. The van der Waals surface area contributed by atoms with Crippen LogP contribution in [0.5, 0.6) is 11.5 Å². The van der Waals surface area contributed by atoms with E-state index in [4.69, 9.17) is 9.47 Å². The molecule has 5 heteroatoms. The monoisotopic (exact) mass is 300 g/mol. The summed E-state index contributed by atoms with van der Waals surface area (Å²) in [6.45, 7) is 0. The molecule has 1 aliphatic rings. The largest absolute Gasteiger partial charge is 0.493 e. The van der Waals surface area contributed by atoms with Crippen molar-refractivity contribution in [2.75, 3.05) is 14.2 Å². The van der Waals surface area contributed by atoms with Crippen LogP contribution < -0.4 is 9.47 Å². The normalized spacial score (nSPS) is 16.4. The number of hydrogen-bond donors (Lipinski definition) is 1. The Morgan fingerprint density at radius 1 is 1.29 bits per heavy atom. The van der Waals surface area contributed by atoms with Gasteiger partial charge in [0.1, 0.15) is 0 Å². The third-order valence-corrected chi connectivity index (χ3v) is 3.80. The Morgan fingerprint density at radius 2 is 1.82 bits per heavy atom. The van der Waals surface area contributed by atoms with Crippen LogP contribution >= 0.6 is 15.9 Å². The van der Waals surface area contributed by atoms with Crippen molar-refractivity contribution < 1.29 is 19.4 Å². The Bertz CT molecular complexity index is 466. The highest BCUT2D eigenvalue weighted by Gasteiger charge is 2.53. The molecule has 0 heterocycles. The predicted molar refractivity (Wildman–Crippen MR) is 65.8 cm³/mol. The number of hydrogen-bond acceptors (Lipinski definition) is 3. The first-order valence-electron chi connectivity index (χ1n) is 5.20. The number of carbonyl (C=O) groups is 1. The van der Waals surface area contributed by atoms with Gasteiger partial charge in [-0.1, -0.05) is 15.9 Å². The number of carboxylic acids is 1. The van der Waals surface area contributed by atoms with Gasteiger partial charge in [0.2, 0.25) is 0 Å². The molecule has 1 aromatic rings. The van der Waals surface area contributed by atoms with Crippen molar-refractivity contribution in [3.8, 4) is 11.5 Å². The van der Waals surface area contributed by atoms with E-state index < -0.39 is 11.4 Å². The SMILES string of the molecule is COc1cc(Br)c(C2(C(=O)O)CC2)cc1OC. The summed E-state index contributed by atoms with van der Waals surface area (Å²) in [5, 5.41) is 9.28. The summed E-state index contributed by atoms with van der Waals surface area (Å²) in [5.41, 5.74) is 0.000851. The highest BCUT2D eigenvalue weighted by Crippen LogP contribution is 2.52. The van der Waals surface area contributed by atoms with Gasteiger partial charge in [-0.05, 0) is 30.5 Å². The fourth-order valence-corrected chi connectivity index (χ4v) is 2.65. The Balaban J connectivity index is 2.52. The van der Waals surface area contributed by atoms with Gasteiger partial charge >= 0.3 is 5.97 Å². The molecule has 0 atom stereocenters. The van der Waals surface area contributed by atoms with Gasteiger partial charge in [0, 0.05) is 4.47 Å². The van der Waals surface area contributed by atoms with Crippen LogP contribution in [0.1, 0.15) is 18.4 Å². The van der Waals surface area contributed by atoms with Crippen molar-refractivity contribution in [3.63, 3.8) is 0 Å². The maximum Gasteiger partial charge on any atom is 0.314 e. The van der Waals surface area contributed by atoms with Crippen LogP contribution in [-0.4, -0.2) is 25.3 Å². The second-order valence-corrected chi connectivity index (χ2v) is 4.93. The third kappa shape index (κ3) is 1.88. The van der Waals surface area contributed by atoms with Crippen molar-refractivity contribution in [1.29, 1.82) is 0 Å². The van der Waals surface area contributed by atoms with E-state index in [2.05, 4.69) is 15.9 Å². The van der Waals surface area contributed by atoms with Crippen LogP contribution in [0.2, 0.25) is 0 Å². The molecule has 1 saturated carbocycles. The van der Waals surface area contributed by atoms with Crippen LogP contribution in [0.4, 0.5) is 0 Å². The van der Waals surface area contributed by atoms with Crippen molar-refractivity contribution >= 4 is 21.9 Å². The zero-order valence-electron chi connectivity index (χ0n) is 9.62. The van der Waals surface area contributed by atoms with E-state index in [1.54, 1.807) is 19.2 Å². The quantitative estimate of drug-likeness (QED) is 0.928. The molecule has 17 heavy (non-hydrogen) atoms. The molecule has 4 nitrogen and oxygen atoms in total. The van der Waals surface area contributed by atoms with Crippen LogP contribution in [-0.2, 0) is 10.2 Å². The zero-order chi connectivity index (χ0) is 12.6. The smallest absolute Gasteiger partial charge is 0.314 e. The Labute approximate surface area is 108 Å². The third-order valence-electron chi connectivity index (χ3n) is 3.15. The molecule has 1 fully saturated rings. The Morgan fingerprint density at radius 3 is 2.24 bits per heavy atom. The number of ether oxygens (including phenoxy) is 2. The molecule has 1 aromatic carbocycles. The van der Waals surface area contributed by atoms with E-state index in [0.717, 1.165) is 10.0 Å². The molecule has 0 spiro atoms. The summed E-state index contributed by atoms with van der Waals surface area (Å²) in [7, 11) is 3.09. The van der Waals surface area contributed by atoms with Crippen molar-refractivity contribution in [1.82, 2.24) is 0 Å². The molecule has 92 valence electrons. The summed E-state index contributed by atoms with van der Waals surface area (Å²) >= 11 is 3.40. The molecule has 0 saturated heterocycles. The summed E-state index contributed by atoms with van der Waals surface area (Å²) in [5.74, 6) is 0.355. The lowest BCUT2D eigenvalue weighted by atomic mass is 9.96. The second kappa shape index (κ2) is 4.22. The minimum atomic E-state index is -0.787. The van der Waals surface area contributed by atoms with Gasteiger partial charge in [-0.25, -0.2) is 0 Å². The fourth-order valence-electron chi connectivity index (χ4n) is 1.94. The van der Waals surface area contributed by atoms with E-state index in [-0.39, 0.29) is 0 Å². The molecular formula is C12H13BrO4. The topological polar surface area (TPSA) is 55.8 Å². The van der Waals surface area contributed by atoms with Gasteiger partial charge in [-0.3, -0.25) is 4.79 Å². The fraction of sp³-hybridized carbons (Fsp3) is 0.417. The summed E-state index contributed by atoms with van der Waals surface area (Å²) < 4.78 is 11.1. The summed E-state index contributed by atoms with van der Waals surface area (Å²) in [6, 6.07) is 3.49. The number of aliphatic carboxylic acids is 1. The van der Waals surface area contributed by atoms with Crippen molar-refractivity contribution in [2.45, 2.75) is 18.3 Å². The standard InChI is InChI=1S/C12H13BrO4/c1-16-9-5-7(8(13)6-10(9)17-2)12(3-4-12)11(14)15/h5-6H,3-4H2,1-2H3,(H,14,15). The number of methoxy groups -OCH3 is 2. The highest BCUT2D eigenvalue weighted by molar-refractivity contribution is 9.10. The van der Waals surface area contributed by atoms with Crippen molar-refractivity contribution in [2.24, 2.45) is 0 Å². The molecule has 0 aromatic heterocycles. The predicted octanol–water partition coefficient (Wildman–Crippen LogP) is 2.58. The highest BCUT2D eigenvalue weighted by atomic mass is 79.9. The molecule has 1 N–H and O–H groups in total.